The fraction of sp³-hybridized carbons (Fsp3) is 1.00. The number of hydrogen-bond donors (Lipinski definition) is 1. The predicted octanol–water partition coefficient (Wildman–Crippen LogP) is 2.69. The molecule has 1 nitrogen and oxygen atoms in total. The van der Waals surface area contributed by atoms with Gasteiger partial charge in [-0.25, -0.2) is 0 Å². The van der Waals surface area contributed by atoms with Gasteiger partial charge in [-0.3, -0.25) is 0 Å². The summed E-state index contributed by atoms with van der Waals surface area (Å²) in [5, 5.41) is 0. The first kappa shape index (κ1) is 8.28. The molecule has 2 N–H and O–H groups in total. The van der Waals surface area contributed by atoms with E-state index in [2.05, 4.69) is 0 Å². The Labute approximate surface area is 81.1 Å². The summed E-state index contributed by atoms with van der Waals surface area (Å²) in [5.74, 6) is 2.88. The monoisotopic (exact) mass is 179 g/mol. The van der Waals surface area contributed by atoms with E-state index in [1.807, 2.05) is 0 Å². The molecular weight excluding hydrogens is 158 g/mol. The Morgan fingerprint density at radius 1 is 0.923 bits per heavy atom. The highest BCUT2D eigenvalue weighted by molar-refractivity contribution is 5.16. The molecule has 3 aliphatic carbocycles. The molecule has 0 radical (unpaired) electrons. The molecule has 0 bridgehead atoms. The molecule has 3 aliphatic rings. The largest absolute Gasteiger partial charge is 0.325 e. The summed E-state index contributed by atoms with van der Waals surface area (Å²) >= 11 is 0. The third kappa shape index (κ3) is 1.32. The lowest BCUT2D eigenvalue weighted by atomic mass is 9.81. The summed E-state index contributed by atoms with van der Waals surface area (Å²) in [6.45, 7) is 0. The van der Waals surface area contributed by atoms with Crippen LogP contribution in [0.5, 0.6) is 0 Å². The Kier molecular flexibility index (Phi) is 1.74. The summed E-state index contributed by atoms with van der Waals surface area (Å²) in [5.41, 5.74) is 6.83. The number of nitrogens with two attached hydrogens (primary N) is 1. The molecule has 0 aromatic heterocycles. The van der Waals surface area contributed by atoms with Crippen molar-refractivity contribution in [3.63, 3.8) is 0 Å². The molecule has 0 aliphatic heterocycles. The van der Waals surface area contributed by atoms with Crippen LogP contribution in [-0.2, 0) is 0 Å². The van der Waals surface area contributed by atoms with Crippen molar-refractivity contribution in [3.8, 4) is 0 Å². The molecule has 2 atom stereocenters. The van der Waals surface area contributed by atoms with Crippen molar-refractivity contribution in [1.82, 2.24) is 0 Å². The van der Waals surface area contributed by atoms with Crippen LogP contribution in [0.25, 0.3) is 0 Å². The minimum absolute atomic E-state index is 0.321. The summed E-state index contributed by atoms with van der Waals surface area (Å²) in [7, 11) is 0. The molecule has 3 rings (SSSR count). The van der Waals surface area contributed by atoms with Crippen LogP contribution in [0.1, 0.15) is 51.4 Å². The Morgan fingerprint density at radius 3 is 2.23 bits per heavy atom. The average molecular weight is 179 g/mol. The first-order valence-electron chi connectivity index (χ1n) is 6.09. The maximum atomic E-state index is 6.51. The van der Waals surface area contributed by atoms with E-state index in [0.29, 0.717) is 5.54 Å². The normalized spacial score (nSPS) is 46.4. The Hall–Kier alpha value is -0.0400. The van der Waals surface area contributed by atoms with Crippen LogP contribution < -0.4 is 5.73 Å². The van der Waals surface area contributed by atoms with Gasteiger partial charge in [-0.1, -0.05) is 19.3 Å². The molecule has 0 aromatic carbocycles. The lowest BCUT2D eigenvalue weighted by Crippen LogP contribution is -2.36. The van der Waals surface area contributed by atoms with E-state index in [0.717, 1.165) is 17.8 Å². The molecule has 0 saturated heterocycles. The fourth-order valence-corrected chi connectivity index (χ4v) is 3.54. The molecule has 13 heavy (non-hydrogen) atoms. The van der Waals surface area contributed by atoms with Crippen molar-refractivity contribution in [2.45, 2.75) is 56.9 Å². The first-order chi connectivity index (χ1) is 6.31. The van der Waals surface area contributed by atoms with Crippen LogP contribution >= 0.6 is 0 Å². The number of hydrogen-bond acceptors (Lipinski definition) is 1. The molecular formula is C12H21N. The molecule has 3 fully saturated rings. The second kappa shape index (κ2) is 2.73. The highest BCUT2D eigenvalue weighted by atomic mass is 14.9. The second-order valence-electron chi connectivity index (χ2n) is 5.60. The van der Waals surface area contributed by atoms with Gasteiger partial charge in [0.05, 0.1) is 0 Å². The zero-order valence-corrected chi connectivity index (χ0v) is 8.47. The van der Waals surface area contributed by atoms with Crippen LogP contribution in [-0.4, -0.2) is 5.54 Å². The van der Waals surface area contributed by atoms with Gasteiger partial charge < -0.3 is 5.73 Å². The van der Waals surface area contributed by atoms with Gasteiger partial charge >= 0.3 is 0 Å². The van der Waals surface area contributed by atoms with Gasteiger partial charge in [-0.05, 0) is 49.9 Å². The second-order valence-corrected chi connectivity index (χ2v) is 5.60. The van der Waals surface area contributed by atoms with Gasteiger partial charge in [0.1, 0.15) is 0 Å². The van der Waals surface area contributed by atoms with Gasteiger partial charge in [0.15, 0.2) is 0 Å². The molecule has 74 valence electrons. The average Bonchev–Trinajstić information content (AvgIpc) is 3.00. The lowest BCUT2D eigenvalue weighted by molar-refractivity contribution is 0.271. The summed E-state index contributed by atoms with van der Waals surface area (Å²) < 4.78 is 0. The van der Waals surface area contributed by atoms with Gasteiger partial charge in [-0.15, -0.1) is 0 Å². The molecule has 3 saturated carbocycles. The van der Waals surface area contributed by atoms with Crippen molar-refractivity contribution in [2.75, 3.05) is 0 Å². The molecule has 0 aromatic rings. The van der Waals surface area contributed by atoms with Crippen LogP contribution in [0.3, 0.4) is 0 Å². The SMILES string of the molecule is NC1(C2CCCCC2)CC1C1CC1. The van der Waals surface area contributed by atoms with E-state index in [1.54, 1.807) is 0 Å². The maximum absolute atomic E-state index is 6.51. The van der Waals surface area contributed by atoms with Crippen molar-refractivity contribution in [1.29, 1.82) is 0 Å². The smallest absolute Gasteiger partial charge is 0.0218 e. The number of rotatable bonds is 2. The van der Waals surface area contributed by atoms with E-state index in [9.17, 15) is 0 Å². The van der Waals surface area contributed by atoms with Crippen molar-refractivity contribution >= 4 is 0 Å². The first-order valence-corrected chi connectivity index (χ1v) is 6.09. The summed E-state index contributed by atoms with van der Waals surface area (Å²) in [4.78, 5) is 0. The summed E-state index contributed by atoms with van der Waals surface area (Å²) in [6, 6.07) is 0. The van der Waals surface area contributed by atoms with E-state index in [1.165, 1.54) is 51.4 Å². The van der Waals surface area contributed by atoms with Gasteiger partial charge in [0.2, 0.25) is 0 Å². The minimum atomic E-state index is 0.321. The van der Waals surface area contributed by atoms with Crippen molar-refractivity contribution in [3.05, 3.63) is 0 Å². The zero-order valence-electron chi connectivity index (χ0n) is 8.47. The molecule has 0 spiro atoms. The van der Waals surface area contributed by atoms with Gasteiger partial charge in [-0.2, -0.15) is 0 Å². The van der Waals surface area contributed by atoms with E-state index < -0.39 is 0 Å². The van der Waals surface area contributed by atoms with E-state index in [-0.39, 0.29) is 0 Å². The molecule has 0 amide bonds. The van der Waals surface area contributed by atoms with Crippen molar-refractivity contribution < 1.29 is 0 Å². The van der Waals surface area contributed by atoms with Crippen LogP contribution in [0.15, 0.2) is 0 Å². The lowest BCUT2D eigenvalue weighted by Gasteiger charge is -2.28. The molecule has 2 unspecified atom stereocenters. The highest BCUT2D eigenvalue weighted by Crippen LogP contribution is 2.60. The van der Waals surface area contributed by atoms with Crippen molar-refractivity contribution in [2.24, 2.45) is 23.5 Å². The highest BCUT2D eigenvalue weighted by Gasteiger charge is 2.60. The minimum Gasteiger partial charge on any atom is -0.325 e. The molecule has 1 heteroatoms. The summed E-state index contributed by atoms with van der Waals surface area (Å²) in [6.07, 6.45) is 11.5. The topological polar surface area (TPSA) is 26.0 Å². The van der Waals surface area contributed by atoms with Crippen LogP contribution in [0.2, 0.25) is 0 Å². The van der Waals surface area contributed by atoms with E-state index >= 15 is 0 Å². The van der Waals surface area contributed by atoms with Crippen LogP contribution in [0, 0.1) is 17.8 Å². The van der Waals surface area contributed by atoms with Gasteiger partial charge in [0.25, 0.3) is 0 Å². The standard InChI is InChI=1S/C12H21N/c13-12(8-11(12)9-6-7-9)10-4-2-1-3-5-10/h9-11H,1-8,13H2. The van der Waals surface area contributed by atoms with E-state index in [4.69, 9.17) is 5.73 Å². The predicted molar refractivity (Wildman–Crippen MR) is 54.3 cm³/mol. The Bertz CT molecular complexity index is 203. The Balaban J connectivity index is 1.63. The third-order valence-corrected chi connectivity index (χ3v) is 4.66. The van der Waals surface area contributed by atoms with Crippen LogP contribution in [0.4, 0.5) is 0 Å². The Morgan fingerprint density at radius 2 is 1.62 bits per heavy atom. The molecule has 0 heterocycles. The third-order valence-electron chi connectivity index (χ3n) is 4.66. The van der Waals surface area contributed by atoms with Gasteiger partial charge in [0, 0.05) is 5.54 Å². The fourth-order valence-electron chi connectivity index (χ4n) is 3.54. The zero-order chi connectivity index (χ0) is 8.89. The quantitative estimate of drug-likeness (QED) is 0.693. The maximum Gasteiger partial charge on any atom is 0.0218 e.